The lowest BCUT2D eigenvalue weighted by Gasteiger charge is -2.34. The van der Waals surface area contributed by atoms with Crippen LogP contribution < -0.4 is 0 Å². The van der Waals surface area contributed by atoms with Crippen molar-refractivity contribution >= 4 is 20.9 Å². The highest BCUT2D eigenvalue weighted by Crippen LogP contribution is 2.24. The minimum atomic E-state index is -3.63. The van der Waals surface area contributed by atoms with Crippen LogP contribution in [0.4, 0.5) is 0 Å². The summed E-state index contributed by atoms with van der Waals surface area (Å²) in [7, 11) is -3.63. The van der Waals surface area contributed by atoms with Crippen LogP contribution in [0.25, 0.3) is 10.9 Å². The van der Waals surface area contributed by atoms with E-state index in [1.807, 2.05) is 42.5 Å². The summed E-state index contributed by atoms with van der Waals surface area (Å²) in [5, 5.41) is 0.923. The average molecular weight is 398 g/mol. The maximum Gasteiger partial charge on any atom is 0.268 e. The fourth-order valence-electron chi connectivity index (χ4n) is 3.86. The molecular weight excluding hydrogens is 370 g/mol. The first-order valence-electron chi connectivity index (χ1n) is 9.85. The number of hydrogen-bond acceptors (Lipinski definition) is 4. The summed E-state index contributed by atoms with van der Waals surface area (Å²) in [5.74, 6) is 0. The zero-order valence-corrected chi connectivity index (χ0v) is 17.3. The molecule has 1 aromatic heterocycles. The van der Waals surface area contributed by atoms with E-state index in [1.54, 1.807) is 12.3 Å². The molecule has 5 nitrogen and oxygen atoms in total. The van der Waals surface area contributed by atoms with Crippen molar-refractivity contribution < 1.29 is 8.42 Å². The van der Waals surface area contributed by atoms with E-state index >= 15 is 0 Å². The van der Waals surface area contributed by atoms with Crippen LogP contribution in [-0.2, 0) is 16.6 Å². The minimum Gasteiger partial charge on any atom is -0.301 e. The van der Waals surface area contributed by atoms with Gasteiger partial charge in [0, 0.05) is 44.3 Å². The molecule has 2 heterocycles. The number of aryl methyl sites for hydroxylation is 1. The van der Waals surface area contributed by atoms with Gasteiger partial charge in [0.15, 0.2) is 0 Å². The van der Waals surface area contributed by atoms with Crippen molar-refractivity contribution in [2.24, 2.45) is 0 Å². The van der Waals surface area contributed by atoms with E-state index in [4.69, 9.17) is 0 Å². The molecule has 1 saturated heterocycles. The van der Waals surface area contributed by atoms with Gasteiger partial charge in [-0.15, -0.1) is 0 Å². The largest absolute Gasteiger partial charge is 0.301 e. The highest BCUT2D eigenvalue weighted by atomic mass is 32.2. The van der Waals surface area contributed by atoms with Gasteiger partial charge >= 0.3 is 0 Å². The molecule has 0 amide bonds. The number of piperazine rings is 1. The van der Waals surface area contributed by atoms with Gasteiger partial charge in [0.05, 0.1) is 10.4 Å². The van der Waals surface area contributed by atoms with E-state index in [0.29, 0.717) is 10.4 Å². The molecule has 1 fully saturated rings. The van der Waals surface area contributed by atoms with Gasteiger partial charge in [-0.25, -0.2) is 12.4 Å². The third kappa shape index (κ3) is 3.60. The lowest BCUT2D eigenvalue weighted by atomic mass is 10.1. The summed E-state index contributed by atoms with van der Waals surface area (Å²) in [5.41, 5.74) is 2.93. The molecule has 2 aromatic carbocycles. The summed E-state index contributed by atoms with van der Waals surface area (Å²) in [6.45, 7) is 10.3. The normalized spacial score (nSPS) is 16.6. The number of benzene rings is 2. The first-order chi connectivity index (χ1) is 13.5. The van der Waals surface area contributed by atoms with Gasteiger partial charge in [-0.05, 0) is 48.9 Å². The van der Waals surface area contributed by atoms with E-state index in [1.165, 1.54) is 3.97 Å². The van der Waals surface area contributed by atoms with Crippen molar-refractivity contribution in [2.75, 3.05) is 32.7 Å². The number of para-hydroxylation sites is 1. The van der Waals surface area contributed by atoms with Gasteiger partial charge < -0.3 is 4.90 Å². The molecule has 28 heavy (non-hydrogen) atoms. The molecule has 6 heteroatoms. The Kier molecular flexibility index (Phi) is 5.27. The van der Waals surface area contributed by atoms with E-state index in [0.717, 1.165) is 55.8 Å². The maximum absolute atomic E-state index is 13.3. The van der Waals surface area contributed by atoms with E-state index in [9.17, 15) is 8.42 Å². The lowest BCUT2D eigenvalue weighted by Crippen LogP contribution is -2.45. The zero-order valence-electron chi connectivity index (χ0n) is 16.5. The number of rotatable bonds is 5. The molecule has 0 atom stereocenters. The fourth-order valence-corrected chi connectivity index (χ4v) is 5.27. The van der Waals surface area contributed by atoms with Crippen LogP contribution >= 0.6 is 0 Å². The summed E-state index contributed by atoms with van der Waals surface area (Å²) in [4.78, 5) is 5.21. The predicted octanol–water partition coefficient (Wildman–Crippen LogP) is 3.32. The minimum absolute atomic E-state index is 0.349. The molecule has 0 N–H and O–H groups in total. The Morgan fingerprint density at radius 1 is 0.929 bits per heavy atom. The SMILES string of the molecule is CCN1CCN(Cc2cc(S(=O)(=O)n3ccc4ccccc43)ccc2C)CC1. The van der Waals surface area contributed by atoms with Crippen molar-refractivity contribution in [3.63, 3.8) is 0 Å². The quantitative estimate of drug-likeness (QED) is 0.663. The average Bonchev–Trinajstić information content (AvgIpc) is 3.15. The highest BCUT2D eigenvalue weighted by molar-refractivity contribution is 7.90. The Morgan fingerprint density at radius 2 is 1.64 bits per heavy atom. The fraction of sp³-hybridized carbons (Fsp3) is 0.364. The molecule has 148 valence electrons. The van der Waals surface area contributed by atoms with Gasteiger partial charge in [-0.2, -0.15) is 0 Å². The predicted molar refractivity (Wildman–Crippen MR) is 113 cm³/mol. The van der Waals surface area contributed by atoms with Crippen LogP contribution in [0.3, 0.4) is 0 Å². The van der Waals surface area contributed by atoms with Crippen molar-refractivity contribution in [1.82, 2.24) is 13.8 Å². The standard InChI is InChI=1S/C22H27N3O2S/c1-3-23-12-14-24(15-13-23)17-20-16-21(9-8-18(20)2)28(26,27)25-11-10-19-6-4-5-7-22(19)25/h4-11,16H,3,12-15,17H2,1-2H3. The Hall–Kier alpha value is -2.15. The van der Waals surface area contributed by atoms with Crippen molar-refractivity contribution in [1.29, 1.82) is 0 Å². The molecule has 0 saturated carbocycles. The topological polar surface area (TPSA) is 45.6 Å². The van der Waals surface area contributed by atoms with Crippen molar-refractivity contribution in [2.45, 2.75) is 25.3 Å². The monoisotopic (exact) mass is 397 g/mol. The number of aromatic nitrogens is 1. The summed E-state index contributed by atoms with van der Waals surface area (Å²) in [6, 6.07) is 14.9. The number of hydrogen-bond donors (Lipinski definition) is 0. The van der Waals surface area contributed by atoms with Gasteiger partial charge in [-0.1, -0.05) is 31.2 Å². The van der Waals surface area contributed by atoms with E-state index in [-0.39, 0.29) is 0 Å². The molecule has 3 aromatic rings. The molecular formula is C22H27N3O2S. The molecule has 0 aliphatic carbocycles. The zero-order chi connectivity index (χ0) is 19.7. The van der Waals surface area contributed by atoms with E-state index < -0.39 is 10.0 Å². The van der Waals surface area contributed by atoms with Crippen LogP contribution in [0.1, 0.15) is 18.1 Å². The maximum atomic E-state index is 13.3. The first-order valence-corrected chi connectivity index (χ1v) is 11.3. The molecule has 1 aliphatic rings. The van der Waals surface area contributed by atoms with Crippen LogP contribution in [-0.4, -0.2) is 54.9 Å². The molecule has 0 bridgehead atoms. The van der Waals surface area contributed by atoms with Gasteiger partial charge in [0.1, 0.15) is 0 Å². The smallest absolute Gasteiger partial charge is 0.268 e. The number of nitrogens with zero attached hydrogens (tertiary/aromatic N) is 3. The van der Waals surface area contributed by atoms with Crippen molar-refractivity contribution in [3.05, 3.63) is 65.9 Å². The second-order valence-electron chi connectivity index (χ2n) is 7.47. The highest BCUT2D eigenvalue weighted by Gasteiger charge is 2.21. The lowest BCUT2D eigenvalue weighted by molar-refractivity contribution is 0.131. The van der Waals surface area contributed by atoms with Gasteiger partial charge in [0.25, 0.3) is 10.0 Å². The Labute approximate surface area is 167 Å². The van der Waals surface area contributed by atoms with Crippen LogP contribution in [0.15, 0.2) is 59.6 Å². The Bertz CT molecular complexity index is 1080. The van der Waals surface area contributed by atoms with Crippen LogP contribution in [0.2, 0.25) is 0 Å². The third-order valence-electron chi connectivity index (χ3n) is 5.75. The molecule has 0 spiro atoms. The summed E-state index contributed by atoms with van der Waals surface area (Å²) < 4.78 is 28.0. The number of likely N-dealkylation sites (N-methyl/N-ethyl adjacent to an activating group) is 1. The Balaban J connectivity index is 1.63. The Morgan fingerprint density at radius 3 is 2.39 bits per heavy atom. The summed E-state index contributed by atoms with van der Waals surface area (Å²) in [6.07, 6.45) is 1.64. The molecule has 0 radical (unpaired) electrons. The number of fused-ring (bicyclic) bond motifs is 1. The van der Waals surface area contributed by atoms with Gasteiger partial charge in [-0.3, -0.25) is 4.90 Å². The molecule has 4 rings (SSSR count). The molecule has 1 aliphatic heterocycles. The van der Waals surface area contributed by atoms with Crippen molar-refractivity contribution in [3.8, 4) is 0 Å². The van der Waals surface area contributed by atoms with Gasteiger partial charge in [0.2, 0.25) is 0 Å². The van der Waals surface area contributed by atoms with E-state index in [2.05, 4.69) is 23.6 Å². The second-order valence-corrected chi connectivity index (χ2v) is 9.29. The molecule has 0 unspecified atom stereocenters. The van der Waals surface area contributed by atoms with Crippen LogP contribution in [0, 0.1) is 6.92 Å². The first kappa shape index (κ1) is 19.2. The van der Waals surface area contributed by atoms with Crippen LogP contribution in [0.5, 0.6) is 0 Å². The third-order valence-corrected chi connectivity index (χ3v) is 7.43. The summed E-state index contributed by atoms with van der Waals surface area (Å²) >= 11 is 0. The second kappa shape index (κ2) is 7.70.